The van der Waals surface area contributed by atoms with Gasteiger partial charge in [-0.2, -0.15) is 5.26 Å². The lowest BCUT2D eigenvalue weighted by atomic mass is 10.0. The molecule has 3 amide bonds. The van der Waals surface area contributed by atoms with Crippen molar-refractivity contribution in [2.45, 2.75) is 12.5 Å². The van der Waals surface area contributed by atoms with Gasteiger partial charge in [0, 0.05) is 0 Å². The highest BCUT2D eigenvalue weighted by atomic mass is 16.5. The molecule has 0 radical (unpaired) electrons. The molecular formula is C18H15N3O3. The normalized spacial score (nSPS) is 19.3. The van der Waals surface area contributed by atoms with Crippen LogP contribution in [0.3, 0.4) is 0 Å². The summed E-state index contributed by atoms with van der Waals surface area (Å²) in [5, 5.41) is 13.6. The molecule has 120 valence electrons. The number of hydrogen-bond donors (Lipinski definition) is 2. The van der Waals surface area contributed by atoms with E-state index in [1.165, 1.54) is 0 Å². The first kappa shape index (κ1) is 15.6. The summed E-state index contributed by atoms with van der Waals surface area (Å²) in [7, 11) is 0. The van der Waals surface area contributed by atoms with E-state index in [1.807, 2.05) is 24.3 Å². The fourth-order valence-electron chi connectivity index (χ4n) is 2.39. The second-order valence-corrected chi connectivity index (χ2v) is 5.74. The molecule has 2 aromatic carbocycles. The summed E-state index contributed by atoms with van der Waals surface area (Å²) in [4.78, 5) is 22.9. The Morgan fingerprint density at radius 2 is 1.62 bits per heavy atom. The van der Waals surface area contributed by atoms with E-state index in [-0.39, 0.29) is 6.61 Å². The fraction of sp³-hybridized carbons (Fsp3) is 0.167. The summed E-state index contributed by atoms with van der Waals surface area (Å²) >= 11 is 0. The Bertz CT molecular complexity index is 822. The van der Waals surface area contributed by atoms with E-state index in [0.717, 1.165) is 11.1 Å². The van der Waals surface area contributed by atoms with Crippen LogP contribution >= 0.6 is 0 Å². The van der Waals surface area contributed by atoms with Gasteiger partial charge < -0.3 is 10.1 Å². The number of ether oxygens (including phenoxy) is 1. The van der Waals surface area contributed by atoms with Gasteiger partial charge in [0.2, 0.25) is 0 Å². The minimum Gasteiger partial charge on any atom is -0.491 e. The Labute approximate surface area is 139 Å². The topological polar surface area (TPSA) is 91.2 Å². The molecule has 1 unspecified atom stereocenters. The number of nitrogens with one attached hydrogen (secondary N) is 2. The number of amides is 3. The van der Waals surface area contributed by atoms with Crippen LogP contribution in [0.2, 0.25) is 0 Å². The summed E-state index contributed by atoms with van der Waals surface area (Å²) in [6, 6.07) is 16.3. The molecule has 24 heavy (non-hydrogen) atoms. The molecule has 2 N–H and O–H groups in total. The highest BCUT2D eigenvalue weighted by Gasteiger charge is 2.42. The second kappa shape index (κ2) is 6.05. The van der Waals surface area contributed by atoms with Crippen LogP contribution < -0.4 is 15.4 Å². The number of urea groups is 1. The first-order valence-electron chi connectivity index (χ1n) is 7.37. The van der Waals surface area contributed by atoms with E-state index in [0.29, 0.717) is 11.3 Å². The van der Waals surface area contributed by atoms with E-state index in [4.69, 9.17) is 10.00 Å². The maximum atomic E-state index is 11.7. The van der Waals surface area contributed by atoms with Crippen molar-refractivity contribution in [1.29, 1.82) is 5.26 Å². The molecule has 1 saturated heterocycles. The third-order valence-electron chi connectivity index (χ3n) is 3.85. The van der Waals surface area contributed by atoms with Crippen molar-refractivity contribution in [2.24, 2.45) is 0 Å². The molecule has 1 atom stereocenters. The Hall–Kier alpha value is -3.33. The molecule has 2 aromatic rings. The van der Waals surface area contributed by atoms with Crippen molar-refractivity contribution in [3.8, 4) is 22.9 Å². The van der Waals surface area contributed by atoms with Crippen molar-refractivity contribution in [1.82, 2.24) is 10.6 Å². The Morgan fingerprint density at radius 3 is 2.12 bits per heavy atom. The molecule has 6 heteroatoms. The van der Waals surface area contributed by atoms with Gasteiger partial charge in [-0.15, -0.1) is 0 Å². The third kappa shape index (κ3) is 3.06. The average molecular weight is 321 g/mol. The van der Waals surface area contributed by atoms with Crippen LogP contribution in [0.1, 0.15) is 12.5 Å². The summed E-state index contributed by atoms with van der Waals surface area (Å²) in [6.45, 7) is 1.65. The largest absolute Gasteiger partial charge is 0.491 e. The maximum Gasteiger partial charge on any atom is 0.322 e. The summed E-state index contributed by atoms with van der Waals surface area (Å²) in [5.41, 5.74) is 1.53. The SMILES string of the molecule is CC1(COc2ccc(-c3ccc(C#N)cc3)cc2)NC(=O)NC1=O. The molecule has 3 rings (SSSR count). The molecule has 1 heterocycles. The lowest BCUT2D eigenvalue weighted by Crippen LogP contribution is -2.48. The maximum absolute atomic E-state index is 11.7. The standard InChI is InChI=1S/C18H15N3O3/c1-18(16(22)20-17(23)21-18)11-24-15-8-6-14(7-9-15)13-4-2-12(10-19)3-5-13/h2-9H,11H2,1H3,(H2,20,21,22,23). The van der Waals surface area contributed by atoms with Crippen LogP contribution in [-0.4, -0.2) is 24.1 Å². The Morgan fingerprint density at radius 1 is 1.04 bits per heavy atom. The predicted molar refractivity (Wildman–Crippen MR) is 87.2 cm³/mol. The molecule has 0 aromatic heterocycles. The first-order valence-corrected chi connectivity index (χ1v) is 7.37. The van der Waals surface area contributed by atoms with Gasteiger partial charge in [0.05, 0.1) is 11.6 Å². The lowest BCUT2D eigenvalue weighted by Gasteiger charge is -2.20. The number of rotatable bonds is 4. The predicted octanol–water partition coefficient (Wildman–Crippen LogP) is 2.20. The summed E-state index contributed by atoms with van der Waals surface area (Å²) in [6.07, 6.45) is 0. The van der Waals surface area contributed by atoms with Gasteiger partial charge in [-0.25, -0.2) is 4.79 Å². The smallest absolute Gasteiger partial charge is 0.322 e. The first-order chi connectivity index (χ1) is 11.5. The summed E-state index contributed by atoms with van der Waals surface area (Å²) in [5.74, 6) is 0.198. The number of benzene rings is 2. The number of hydrogen-bond acceptors (Lipinski definition) is 4. The van der Waals surface area contributed by atoms with Gasteiger partial charge >= 0.3 is 6.03 Å². The quantitative estimate of drug-likeness (QED) is 0.845. The van der Waals surface area contributed by atoms with Crippen LogP contribution in [-0.2, 0) is 4.79 Å². The Kier molecular flexibility index (Phi) is 3.92. The van der Waals surface area contributed by atoms with Crippen LogP contribution in [0.25, 0.3) is 11.1 Å². The number of imide groups is 1. The fourth-order valence-corrected chi connectivity index (χ4v) is 2.39. The number of carbonyl (C=O) groups excluding carboxylic acids is 2. The summed E-state index contributed by atoms with van der Waals surface area (Å²) < 4.78 is 5.62. The van der Waals surface area contributed by atoms with Crippen molar-refractivity contribution in [3.63, 3.8) is 0 Å². The van der Waals surface area contributed by atoms with E-state index in [9.17, 15) is 9.59 Å². The van der Waals surface area contributed by atoms with Crippen LogP contribution in [0.15, 0.2) is 48.5 Å². The van der Waals surface area contributed by atoms with Crippen molar-refractivity contribution in [3.05, 3.63) is 54.1 Å². The van der Waals surface area contributed by atoms with E-state index >= 15 is 0 Å². The highest BCUT2D eigenvalue weighted by Crippen LogP contribution is 2.23. The molecule has 1 aliphatic rings. The minimum atomic E-state index is -1.07. The molecule has 0 spiro atoms. The van der Waals surface area contributed by atoms with Gasteiger partial charge in [-0.1, -0.05) is 24.3 Å². The van der Waals surface area contributed by atoms with Crippen molar-refractivity contribution < 1.29 is 14.3 Å². The molecule has 0 aliphatic carbocycles. The number of nitrogens with zero attached hydrogens (tertiary/aromatic N) is 1. The van der Waals surface area contributed by atoms with E-state index < -0.39 is 17.5 Å². The van der Waals surface area contributed by atoms with Crippen molar-refractivity contribution >= 4 is 11.9 Å². The molecular weight excluding hydrogens is 306 g/mol. The Balaban J connectivity index is 1.67. The van der Waals surface area contributed by atoms with Gasteiger partial charge in [0.1, 0.15) is 12.4 Å². The van der Waals surface area contributed by atoms with Crippen molar-refractivity contribution in [2.75, 3.05) is 6.61 Å². The van der Waals surface area contributed by atoms with Crippen LogP contribution in [0.5, 0.6) is 5.75 Å². The number of nitriles is 1. The average Bonchev–Trinajstić information content (AvgIpc) is 2.86. The zero-order chi connectivity index (χ0) is 17.2. The van der Waals surface area contributed by atoms with Gasteiger partial charge in [0.15, 0.2) is 5.54 Å². The van der Waals surface area contributed by atoms with E-state index in [1.54, 1.807) is 31.2 Å². The zero-order valence-corrected chi connectivity index (χ0v) is 13.0. The molecule has 1 aliphatic heterocycles. The van der Waals surface area contributed by atoms with Gasteiger partial charge in [0.25, 0.3) is 5.91 Å². The van der Waals surface area contributed by atoms with Crippen LogP contribution in [0, 0.1) is 11.3 Å². The van der Waals surface area contributed by atoms with Crippen LogP contribution in [0.4, 0.5) is 4.79 Å². The van der Waals surface area contributed by atoms with Gasteiger partial charge in [-0.05, 0) is 42.3 Å². The zero-order valence-electron chi connectivity index (χ0n) is 13.0. The molecule has 0 saturated carbocycles. The monoisotopic (exact) mass is 321 g/mol. The second-order valence-electron chi connectivity index (χ2n) is 5.74. The molecule has 0 bridgehead atoms. The van der Waals surface area contributed by atoms with E-state index in [2.05, 4.69) is 16.7 Å². The lowest BCUT2D eigenvalue weighted by molar-refractivity contribution is -0.124. The van der Waals surface area contributed by atoms with Gasteiger partial charge in [-0.3, -0.25) is 10.1 Å². The number of carbonyl (C=O) groups is 2. The third-order valence-corrected chi connectivity index (χ3v) is 3.85. The molecule has 6 nitrogen and oxygen atoms in total. The molecule has 1 fully saturated rings. The highest BCUT2D eigenvalue weighted by molar-refractivity contribution is 6.06. The minimum absolute atomic E-state index is 0.0424.